The first-order chi connectivity index (χ1) is 8.08. The Bertz CT molecular complexity index is 401. The van der Waals surface area contributed by atoms with Crippen LogP contribution < -0.4 is 10.1 Å². The zero-order valence-electron chi connectivity index (χ0n) is 11.0. The fraction of sp³-hybridized carbons (Fsp3) is 0.571. The third-order valence-electron chi connectivity index (χ3n) is 3.37. The summed E-state index contributed by atoms with van der Waals surface area (Å²) in [4.78, 5) is 0. The van der Waals surface area contributed by atoms with E-state index in [0.717, 1.165) is 18.9 Å². The summed E-state index contributed by atoms with van der Waals surface area (Å²) in [7, 11) is 3.66. The van der Waals surface area contributed by atoms with Crippen molar-refractivity contribution in [3.05, 3.63) is 29.3 Å². The molecular formula is C14H21NO2. The molecule has 0 bridgehead atoms. The van der Waals surface area contributed by atoms with Gasteiger partial charge in [-0.3, -0.25) is 0 Å². The van der Waals surface area contributed by atoms with Gasteiger partial charge in [-0.25, -0.2) is 0 Å². The first-order valence-corrected chi connectivity index (χ1v) is 6.03. The lowest BCUT2D eigenvalue weighted by atomic mass is 9.79. The van der Waals surface area contributed by atoms with Crippen molar-refractivity contribution in [2.24, 2.45) is 0 Å². The normalized spacial score (nSPS) is 22.0. The second-order valence-corrected chi connectivity index (χ2v) is 5.19. The first-order valence-electron chi connectivity index (χ1n) is 6.03. The molecule has 1 unspecified atom stereocenters. The van der Waals surface area contributed by atoms with E-state index in [2.05, 4.69) is 31.3 Å². The third kappa shape index (κ3) is 2.31. The number of fused-ring (bicyclic) bond motifs is 1. The molecular weight excluding hydrogens is 214 g/mol. The molecule has 0 aliphatic carbocycles. The van der Waals surface area contributed by atoms with Crippen LogP contribution in [0.3, 0.4) is 0 Å². The van der Waals surface area contributed by atoms with Crippen molar-refractivity contribution < 1.29 is 9.47 Å². The van der Waals surface area contributed by atoms with E-state index in [1.807, 2.05) is 13.1 Å². The van der Waals surface area contributed by atoms with E-state index in [1.54, 1.807) is 7.11 Å². The topological polar surface area (TPSA) is 30.5 Å². The van der Waals surface area contributed by atoms with E-state index in [9.17, 15) is 0 Å². The summed E-state index contributed by atoms with van der Waals surface area (Å²) in [5.41, 5.74) is 2.66. The molecule has 94 valence electrons. The number of methoxy groups -OCH3 is 1. The smallest absolute Gasteiger partial charge is 0.119 e. The molecule has 1 atom stereocenters. The maximum Gasteiger partial charge on any atom is 0.119 e. The van der Waals surface area contributed by atoms with Gasteiger partial charge in [0.05, 0.1) is 19.8 Å². The Morgan fingerprint density at radius 1 is 1.47 bits per heavy atom. The van der Waals surface area contributed by atoms with Crippen molar-refractivity contribution in [3.8, 4) is 5.75 Å². The highest BCUT2D eigenvalue weighted by Crippen LogP contribution is 2.39. The van der Waals surface area contributed by atoms with Gasteiger partial charge < -0.3 is 14.8 Å². The van der Waals surface area contributed by atoms with Crippen LogP contribution in [0.1, 0.15) is 31.1 Å². The summed E-state index contributed by atoms with van der Waals surface area (Å²) < 4.78 is 11.2. The van der Waals surface area contributed by atoms with Crippen LogP contribution in [0, 0.1) is 0 Å². The van der Waals surface area contributed by atoms with Gasteiger partial charge in [0.1, 0.15) is 5.75 Å². The lowest BCUT2D eigenvalue weighted by molar-refractivity contribution is 0.00823. The maximum atomic E-state index is 5.93. The Labute approximate surface area is 103 Å². The third-order valence-corrected chi connectivity index (χ3v) is 3.37. The average Bonchev–Trinajstić information content (AvgIpc) is 2.33. The predicted octanol–water partition coefficient (Wildman–Crippen LogP) is 2.26. The molecule has 0 spiro atoms. The molecule has 1 aliphatic heterocycles. The zero-order chi connectivity index (χ0) is 12.5. The Balaban J connectivity index is 2.44. The van der Waals surface area contributed by atoms with E-state index in [0.29, 0.717) is 0 Å². The van der Waals surface area contributed by atoms with Crippen molar-refractivity contribution in [1.82, 2.24) is 5.32 Å². The van der Waals surface area contributed by atoms with Gasteiger partial charge >= 0.3 is 0 Å². The van der Waals surface area contributed by atoms with Crippen molar-refractivity contribution in [1.29, 1.82) is 0 Å². The first kappa shape index (κ1) is 12.4. The summed E-state index contributed by atoms with van der Waals surface area (Å²) in [6.45, 7) is 6.01. The molecule has 0 radical (unpaired) electrons. The number of likely N-dealkylation sites (N-methyl/N-ethyl adjacent to an activating group) is 1. The molecule has 1 aromatic carbocycles. The second-order valence-electron chi connectivity index (χ2n) is 5.19. The van der Waals surface area contributed by atoms with E-state index < -0.39 is 0 Å². The van der Waals surface area contributed by atoms with Gasteiger partial charge in [-0.05, 0) is 30.3 Å². The van der Waals surface area contributed by atoms with Crippen LogP contribution in [-0.2, 0) is 10.2 Å². The summed E-state index contributed by atoms with van der Waals surface area (Å²) in [5, 5.41) is 3.18. The number of ether oxygens (including phenoxy) is 2. The van der Waals surface area contributed by atoms with Crippen molar-refractivity contribution in [2.45, 2.75) is 25.4 Å². The van der Waals surface area contributed by atoms with Gasteiger partial charge in [-0.1, -0.05) is 19.9 Å². The Morgan fingerprint density at radius 3 is 2.88 bits per heavy atom. The molecule has 17 heavy (non-hydrogen) atoms. The number of nitrogens with one attached hydrogen (secondary N) is 1. The van der Waals surface area contributed by atoms with Gasteiger partial charge in [0.2, 0.25) is 0 Å². The number of hydrogen-bond donors (Lipinski definition) is 1. The zero-order valence-corrected chi connectivity index (χ0v) is 11.0. The van der Waals surface area contributed by atoms with E-state index in [4.69, 9.17) is 9.47 Å². The Morgan fingerprint density at radius 2 is 2.24 bits per heavy atom. The monoisotopic (exact) mass is 235 g/mol. The minimum Gasteiger partial charge on any atom is -0.497 e. The lowest BCUT2D eigenvalue weighted by Crippen LogP contribution is -2.35. The van der Waals surface area contributed by atoms with Crippen molar-refractivity contribution in [2.75, 3.05) is 27.3 Å². The van der Waals surface area contributed by atoms with E-state index in [1.165, 1.54) is 11.1 Å². The number of rotatable bonds is 3. The van der Waals surface area contributed by atoms with E-state index >= 15 is 0 Å². The lowest BCUT2D eigenvalue weighted by Gasteiger charge is -2.37. The SMILES string of the molecule is CNCC1OCC(C)(C)c2cc(OC)ccc21. The molecule has 0 saturated carbocycles. The molecule has 0 aromatic heterocycles. The fourth-order valence-electron chi connectivity index (χ4n) is 2.36. The maximum absolute atomic E-state index is 5.93. The molecule has 1 heterocycles. The standard InChI is InChI=1S/C14H21NO2/c1-14(2)9-17-13(8-15-3)11-6-5-10(16-4)7-12(11)14/h5-7,13,15H,8-9H2,1-4H3. The highest BCUT2D eigenvalue weighted by Gasteiger charge is 2.33. The second kappa shape index (κ2) is 4.67. The minimum atomic E-state index is 0.0497. The molecule has 2 rings (SSSR count). The van der Waals surface area contributed by atoms with Crippen LogP contribution in [-0.4, -0.2) is 27.3 Å². The van der Waals surface area contributed by atoms with Gasteiger partial charge in [-0.2, -0.15) is 0 Å². The summed E-state index contributed by atoms with van der Waals surface area (Å²) in [5.74, 6) is 0.918. The highest BCUT2D eigenvalue weighted by atomic mass is 16.5. The number of benzene rings is 1. The van der Waals surface area contributed by atoms with Gasteiger partial charge in [0.25, 0.3) is 0 Å². The van der Waals surface area contributed by atoms with Crippen LogP contribution >= 0.6 is 0 Å². The molecule has 3 nitrogen and oxygen atoms in total. The molecule has 0 fully saturated rings. The largest absolute Gasteiger partial charge is 0.497 e. The van der Waals surface area contributed by atoms with Crippen LogP contribution in [0.25, 0.3) is 0 Å². The molecule has 1 aromatic rings. The van der Waals surface area contributed by atoms with Crippen LogP contribution in [0.5, 0.6) is 5.75 Å². The Kier molecular flexibility index (Phi) is 3.40. The van der Waals surface area contributed by atoms with Gasteiger partial charge in [0, 0.05) is 12.0 Å². The van der Waals surface area contributed by atoms with Crippen molar-refractivity contribution >= 4 is 0 Å². The van der Waals surface area contributed by atoms with Gasteiger partial charge in [-0.15, -0.1) is 0 Å². The summed E-state index contributed by atoms with van der Waals surface area (Å²) in [6, 6.07) is 6.27. The molecule has 1 aliphatic rings. The summed E-state index contributed by atoms with van der Waals surface area (Å²) >= 11 is 0. The van der Waals surface area contributed by atoms with Gasteiger partial charge in [0.15, 0.2) is 0 Å². The number of hydrogen-bond acceptors (Lipinski definition) is 3. The van der Waals surface area contributed by atoms with Crippen LogP contribution in [0.4, 0.5) is 0 Å². The average molecular weight is 235 g/mol. The molecule has 3 heteroatoms. The predicted molar refractivity (Wildman–Crippen MR) is 68.6 cm³/mol. The highest BCUT2D eigenvalue weighted by molar-refractivity contribution is 5.42. The van der Waals surface area contributed by atoms with Crippen molar-refractivity contribution in [3.63, 3.8) is 0 Å². The van der Waals surface area contributed by atoms with E-state index in [-0.39, 0.29) is 11.5 Å². The van der Waals surface area contributed by atoms with Crippen LogP contribution in [0.15, 0.2) is 18.2 Å². The summed E-state index contributed by atoms with van der Waals surface area (Å²) in [6.07, 6.45) is 0.147. The molecule has 1 N–H and O–H groups in total. The molecule has 0 amide bonds. The molecule has 0 saturated heterocycles. The fourth-order valence-corrected chi connectivity index (χ4v) is 2.36. The quantitative estimate of drug-likeness (QED) is 0.871. The minimum absolute atomic E-state index is 0.0497. The van der Waals surface area contributed by atoms with Crippen LogP contribution in [0.2, 0.25) is 0 Å². The Hall–Kier alpha value is -1.06.